The summed E-state index contributed by atoms with van der Waals surface area (Å²) in [5.41, 5.74) is 2.65. The molecule has 19 heavy (non-hydrogen) atoms. The highest BCUT2D eigenvalue weighted by Crippen LogP contribution is 2.29. The van der Waals surface area contributed by atoms with Gasteiger partial charge in [-0.3, -0.25) is 21.1 Å². The van der Waals surface area contributed by atoms with E-state index in [1.165, 1.54) is 18.2 Å². The zero-order valence-electron chi connectivity index (χ0n) is 10.6. The number of nitrogens with one attached hydrogen (secondary N) is 1. The maximum atomic E-state index is 13.9. The third kappa shape index (κ3) is 2.25. The van der Waals surface area contributed by atoms with Crippen LogP contribution in [-0.4, -0.2) is 48.6 Å². The zero-order chi connectivity index (χ0) is 13.4. The fourth-order valence-corrected chi connectivity index (χ4v) is 3.17. The second-order valence-corrected chi connectivity index (χ2v) is 5.18. The third-order valence-electron chi connectivity index (χ3n) is 4.20. The lowest BCUT2D eigenvalue weighted by atomic mass is 9.93. The number of hydrazine groups is 1. The summed E-state index contributed by atoms with van der Waals surface area (Å²) in [5.74, 6) is 4.49. The number of fused-ring (bicyclic) bond motifs is 3. The van der Waals surface area contributed by atoms with Gasteiger partial charge in [-0.05, 0) is 12.1 Å². The number of nitrogens with two attached hydrogens (primary N) is 1. The Morgan fingerprint density at radius 1 is 1.16 bits per heavy atom. The van der Waals surface area contributed by atoms with Gasteiger partial charge in [-0.1, -0.05) is 6.07 Å². The maximum absolute atomic E-state index is 13.9. The molecule has 4 rings (SSSR count). The number of piperazine rings is 3. The van der Waals surface area contributed by atoms with Gasteiger partial charge >= 0.3 is 0 Å². The second-order valence-electron chi connectivity index (χ2n) is 5.18. The highest BCUT2D eigenvalue weighted by atomic mass is 19.1. The Morgan fingerprint density at radius 2 is 1.79 bits per heavy atom. The predicted octanol–water partition coefficient (Wildman–Crippen LogP) is 0.469. The van der Waals surface area contributed by atoms with Crippen molar-refractivity contribution in [3.05, 3.63) is 35.4 Å². The normalized spacial score (nSPS) is 31.4. The topological polar surface area (TPSA) is 44.5 Å². The van der Waals surface area contributed by atoms with Gasteiger partial charge in [0.05, 0.1) is 6.04 Å². The number of benzene rings is 1. The molecular weight excluding hydrogens is 250 g/mol. The molecule has 2 unspecified atom stereocenters. The second kappa shape index (κ2) is 5.13. The van der Waals surface area contributed by atoms with Gasteiger partial charge in [-0.15, -0.1) is 0 Å². The van der Waals surface area contributed by atoms with E-state index in [0.29, 0.717) is 0 Å². The molecule has 3 aliphatic rings. The lowest BCUT2D eigenvalue weighted by Gasteiger charge is -2.50. The average Bonchev–Trinajstić information content (AvgIpc) is 2.44. The summed E-state index contributed by atoms with van der Waals surface area (Å²) >= 11 is 0. The summed E-state index contributed by atoms with van der Waals surface area (Å²) in [4.78, 5) is 4.57. The Balaban J connectivity index is 1.92. The van der Waals surface area contributed by atoms with E-state index < -0.39 is 17.7 Å². The molecular formula is C13H18F2N4. The molecule has 0 spiro atoms. The molecule has 0 aromatic heterocycles. The summed E-state index contributed by atoms with van der Waals surface area (Å²) in [6.07, 6.45) is 0. The summed E-state index contributed by atoms with van der Waals surface area (Å²) in [7, 11) is 0. The standard InChI is InChI=1S/C13H18F2N4/c14-9-2-1-3-10(15)12(9)13(17-16)11-8-18-4-6-19(11)7-5-18/h1-3,11,13,17H,4-8,16H2. The molecule has 0 aliphatic carbocycles. The predicted molar refractivity (Wildman–Crippen MR) is 68.2 cm³/mol. The van der Waals surface area contributed by atoms with Gasteiger partial charge in [0, 0.05) is 44.3 Å². The van der Waals surface area contributed by atoms with E-state index in [0.717, 1.165) is 32.7 Å². The Morgan fingerprint density at radius 3 is 2.26 bits per heavy atom. The van der Waals surface area contributed by atoms with Gasteiger partial charge in [0.2, 0.25) is 0 Å². The molecule has 1 aromatic carbocycles. The fraction of sp³-hybridized carbons (Fsp3) is 0.538. The number of nitrogens with zero attached hydrogens (tertiary/aromatic N) is 2. The smallest absolute Gasteiger partial charge is 0.131 e. The monoisotopic (exact) mass is 268 g/mol. The molecule has 104 valence electrons. The highest BCUT2D eigenvalue weighted by molar-refractivity contribution is 5.25. The first-order chi connectivity index (χ1) is 9.20. The SMILES string of the molecule is NNC(c1c(F)cccc1F)C1CN2CCN1CC2. The first-order valence-corrected chi connectivity index (χ1v) is 6.57. The minimum absolute atomic E-state index is 0.0129. The van der Waals surface area contributed by atoms with E-state index in [1.807, 2.05) is 0 Å². The Bertz CT molecular complexity index is 440. The molecule has 0 saturated carbocycles. The first-order valence-electron chi connectivity index (χ1n) is 6.57. The molecule has 3 aliphatic heterocycles. The van der Waals surface area contributed by atoms with Crippen molar-refractivity contribution < 1.29 is 8.78 Å². The van der Waals surface area contributed by atoms with Crippen LogP contribution in [0.1, 0.15) is 11.6 Å². The van der Waals surface area contributed by atoms with Crippen molar-refractivity contribution in [3.63, 3.8) is 0 Å². The van der Waals surface area contributed by atoms with E-state index in [9.17, 15) is 8.78 Å². The van der Waals surface area contributed by atoms with Crippen molar-refractivity contribution >= 4 is 0 Å². The van der Waals surface area contributed by atoms with Crippen molar-refractivity contribution in [2.24, 2.45) is 5.84 Å². The van der Waals surface area contributed by atoms with Crippen LogP contribution in [0.25, 0.3) is 0 Å². The molecule has 6 heteroatoms. The van der Waals surface area contributed by atoms with Crippen molar-refractivity contribution in [2.45, 2.75) is 12.1 Å². The lowest BCUT2D eigenvalue weighted by molar-refractivity contribution is -0.00474. The summed E-state index contributed by atoms with van der Waals surface area (Å²) in [5, 5.41) is 0. The quantitative estimate of drug-likeness (QED) is 0.618. The van der Waals surface area contributed by atoms with Gasteiger partial charge in [-0.25, -0.2) is 8.78 Å². The number of hydrogen-bond donors (Lipinski definition) is 2. The highest BCUT2D eigenvalue weighted by Gasteiger charge is 2.38. The van der Waals surface area contributed by atoms with Crippen molar-refractivity contribution in [1.29, 1.82) is 0 Å². The van der Waals surface area contributed by atoms with Gasteiger partial charge in [0.1, 0.15) is 11.6 Å². The molecule has 0 amide bonds. The van der Waals surface area contributed by atoms with E-state index in [2.05, 4.69) is 15.2 Å². The molecule has 3 fully saturated rings. The Kier molecular flexibility index (Phi) is 3.49. The number of hydrogen-bond acceptors (Lipinski definition) is 4. The lowest BCUT2D eigenvalue weighted by Crippen LogP contribution is -2.64. The van der Waals surface area contributed by atoms with Crippen LogP contribution in [0.2, 0.25) is 0 Å². The number of halogens is 2. The summed E-state index contributed by atoms with van der Waals surface area (Å²) < 4.78 is 27.8. The number of rotatable bonds is 3. The van der Waals surface area contributed by atoms with Crippen molar-refractivity contribution in [2.75, 3.05) is 32.7 Å². The van der Waals surface area contributed by atoms with E-state index in [1.54, 1.807) is 0 Å². The summed E-state index contributed by atoms with van der Waals surface area (Å²) in [6, 6.07) is 3.42. The molecule has 3 saturated heterocycles. The molecule has 3 heterocycles. The van der Waals surface area contributed by atoms with E-state index in [-0.39, 0.29) is 11.6 Å². The molecule has 4 nitrogen and oxygen atoms in total. The first kappa shape index (κ1) is 12.9. The minimum Gasteiger partial charge on any atom is -0.299 e. The van der Waals surface area contributed by atoms with Gasteiger partial charge in [-0.2, -0.15) is 0 Å². The molecule has 2 atom stereocenters. The van der Waals surface area contributed by atoms with Gasteiger partial charge in [0.15, 0.2) is 0 Å². The fourth-order valence-electron chi connectivity index (χ4n) is 3.17. The average molecular weight is 268 g/mol. The minimum atomic E-state index is -0.541. The van der Waals surface area contributed by atoms with Gasteiger partial charge < -0.3 is 0 Å². The maximum Gasteiger partial charge on any atom is 0.131 e. The Labute approximate surface area is 111 Å². The van der Waals surface area contributed by atoms with Crippen LogP contribution in [0.15, 0.2) is 18.2 Å². The Hall–Kier alpha value is -1.08. The van der Waals surface area contributed by atoms with Crippen LogP contribution in [0, 0.1) is 11.6 Å². The van der Waals surface area contributed by atoms with Gasteiger partial charge in [0.25, 0.3) is 0 Å². The van der Waals surface area contributed by atoms with Crippen LogP contribution in [0.5, 0.6) is 0 Å². The van der Waals surface area contributed by atoms with E-state index in [4.69, 9.17) is 5.84 Å². The van der Waals surface area contributed by atoms with Crippen LogP contribution in [0.3, 0.4) is 0 Å². The summed E-state index contributed by atoms with van der Waals surface area (Å²) in [6.45, 7) is 4.70. The molecule has 3 N–H and O–H groups in total. The van der Waals surface area contributed by atoms with Crippen LogP contribution < -0.4 is 11.3 Å². The van der Waals surface area contributed by atoms with E-state index >= 15 is 0 Å². The zero-order valence-corrected chi connectivity index (χ0v) is 10.6. The van der Waals surface area contributed by atoms with Crippen LogP contribution >= 0.6 is 0 Å². The third-order valence-corrected chi connectivity index (χ3v) is 4.20. The van der Waals surface area contributed by atoms with Crippen LogP contribution in [-0.2, 0) is 0 Å². The largest absolute Gasteiger partial charge is 0.299 e. The molecule has 0 radical (unpaired) electrons. The molecule has 2 bridgehead atoms. The van der Waals surface area contributed by atoms with Crippen molar-refractivity contribution in [1.82, 2.24) is 15.2 Å². The van der Waals surface area contributed by atoms with Crippen molar-refractivity contribution in [3.8, 4) is 0 Å². The molecule has 1 aromatic rings. The van der Waals surface area contributed by atoms with Crippen LogP contribution in [0.4, 0.5) is 8.78 Å².